The summed E-state index contributed by atoms with van der Waals surface area (Å²) in [7, 11) is 0. The minimum absolute atomic E-state index is 0.120. The molecule has 0 fully saturated rings. The maximum atomic E-state index is 13.1. The smallest absolute Gasteiger partial charge is 0.237 e. The van der Waals surface area contributed by atoms with Crippen LogP contribution >= 0.6 is 0 Å². The Morgan fingerprint density at radius 1 is 1.09 bits per heavy atom. The Morgan fingerprint density at radius 2 is 1.61 bits per heavy atom. The highest BCUT2D eigenvalue weighted by atomic mass is 19.1. The molecule has 0 saturated carbocycles. The van der Waals surface area contributed by atoms with Gasteiger partial charge in [0.2, 0.25) is 5.91 Å². The van der Waals surface area contributed by atoms with Crippen LogP contribution in [0.15, 0.2) is 42.5 Å². The minimum atomic E-state index is -1.11. The third-order valence-electron chi connectivity index (χ3n) is 3.40. The standard InChI is InChI=1S/C17H18F2N2O2/c1-17(21,16(20)22)9-11-2-4-12(5-3-11)10-23-15-7-13(18)6-14(19)8-15/h2-8H,9-10,21H2,1H3,(H2,20,22). The highest BCUT2D eigenvalue weighted by molar-refractivity contribution is 5.84. The molecule has 0 bridgehead atoms. The molecule has 0 heterocycles. The number of rotatable bonds is 6. The van der Waals surface area contributed by atoms with Crippen molar-refractivity contribution in [2.24, 2.45) is 11.5 Å². The van der Waals surface area contributed by atoms with Gasteiger partial charge in [-0.3, -0.25) is 4.79 Å². The number of ether oxygens (including phenoxy) is 1. The molecule has 0 aliphatic rings. The van der Waals surface area contributed by atoms with Crippen LogP contribution in [0.5, 0.6) is 5.75 Å². The maximum absolute atomic E-state index is 13.1. The summed E-state index contributed by atoms with van der Waals surface area (Å²) < 4.78 is 31.5. The van der Waals surface area contributed by atoms with Gasteiger partial charge in [0.1, 0.15) is 24.0 Å². The lowest BCUT2D eigenvalue weighted by molar-refractivity contribution is -0.122. The predicted molar refractivity (Wildman–Crippen MR) is 82.6 cm³/mol. The van der Waals surface area contributed by atoms with Crippen molar-refractivity contribution in [2.75, 3.05) is 0 Å². The number of halogens is 2. The average molecular weight is 320 g/mol. The SMILES string of the molecule is CC(N)(Cc1ccc(COc2cc(F)cc(F)c2)cc1)C(N)=O. The highest BCUT2D eigenvalue weighted by Crippen LogP contribution is 2.18. The Bertz CT molecular complexity index is 680. The Hall–Kier alpha value is -2.47. The molecule has 23 heavy (non-hydrogen) atoms. The lowest BCUT2D eigenvalue weighted by Gasteiger charge is -2.20. The van der Waals surface area contributed by atoms with E-state index in [1.807, 2.05) is 0 Å². The van der Waals surface area contributed by atoms with Gasteiger partial charge in [-0.15, -0.1) is 0 Å². The zero-order chi connectivity index (χ0) is 17.0. The number of carbonyl (C=O) groups excluding carboxylic acids is 1. The summed E-state index contributed by atoms with van der Waals surface area (Å²) in [5.41, 5.74) is 11.6. The molecule has 0 aliphatic carbocycles. The van der Waals surface area contributed by atoms with E-state index < -0.39 is 23.1 Å². The number of nitrogens with two attached hydrogens (primary N) is 2. The van der Waals surface area contributed by atoms with E-state index in [4.69, 9.17) is 16.2 Å². The van der Waals surface area contributed by atoms with Gasteiger partial charge in [0.05, 0.1) is 5.54 Å². The number of carbonyl (C=O) groups is 1. The van der Waals surface area contributed by atoms with Gasteiger partial charge in [-0.1, -0.05) is 24.3 Å². The molecule has 2 rings (SSSR count). The second-order valence-electron chi connectivity index (χ2n) is 5.67. The molecule has 0 radical (unpaired) electrons. The zero-order valence-electron chi connectivity index (χ0n) is 12.7. The van der Waals surface area contributed by atoms with Gasteiger partial charge in [0.25, 0.3) is 0 Å². The molecule has 1 unspecified atom stereocenters. The van der Waals surface area contributed by atoms with Gasteiger partial charge >= 0.3 is 0 Å². The quantitative estimate of drug-likeness (QED) is 0.857. The van der Waals surface area contributed by atoms with Gasteiger partial charge in [0.15, 0.2) is 0 Å². The minimum Gasteiger partial charge on any atom is -0.489 e. The molecule has 1 atom stereocenters. The van der Waals surface area contributed by atoms with Crippen LogP contribution < -0.4 is 16.2 Å². The molecule has 0 aliphatic heterocycles. The summed E-state index contributed by atoms with van der Waals surface area (Å²) >= 11 is 0. The normalized spacial score (nSPS) is 13.4. The van der Waals surface area contributed by atoms with Crippen molar-refractivity contribution in [3.8, 4) is 5.75 Å². The first-order valence-electron chi connectivity index (χ1n) is 7.02. The molecular weight excluding hydrogens is 302 g/mol. The predicted octanol–water partition coefficient (Wildman–Crippen LogP) is 2.29. The third-order valence-corrected chi connectivity index (χ3v) is 3.40. The van der Waals surface area contributed by atoms with Crippen molar-refractivity contribution in [2.45, 2.75) is 25.5 Å². The largest absolute Gasteiger partial charge is 0.489 e. The van der Waals surface area contributed by atoms with E-state index in [0.29, 0.717) is 6.42 Å². The van der Waals surface area contributed by atoms with Crippen LogP contribution in [0.25, 0.3) is 0 Å². The molecule has 2 aromatic rings. The van der Waals surface area contributed by atoms with Crippen LogP contribution in [0.3, 0.4) is 0 Å². The Kier molecular flexibility index (Phi) is 4.95. The summed E-state index contributed by atoms with van der Waals surface area (Å²) in [5, 5.41) is 0. The topological polar surface area (TPSA) is 78.3 Å². The van der Waals surface area contributed by atoms with E-state index in [2.05, 4.69) is 0 Å². The number of amides is 1. The second kappa shape index (κ2) is 6.75. The molecule has 122 valence electrons. The first kappa shape index (κ1) is 16.9. The summed E-state index contributed by atoms with van der Waals surface area (Å²) in [6, 6.07) is 10.2. The molecule has 0 spiro atoms. The molecule has 0 saturated heterocycles. The van der Waals surface area contributed by atoms with Gasteiger partial charge in [0, 0.05) is 18.2 Å². The molecule has 2 aromatic carbocycles. The van der Waals surface area contributed by atoms with Crippen LogP contribution in [0.2, 0.25) is 0 Å². The zero-order valence-corrected chi connectivity index (χ0v) is 12.7. The lowest BCUT2D eigenvalue weighted by Crippen LogP contribution is -2.51. The fourth-order valence-corrected chi connectivity index (χ4v) is 2.04. The summed E-state index contributed by atoms with van der Waals surface area (Å²) in [6.07, 6.45) is 0.318. The molecule has 4 N–H and O–H groups in total. The molecular formula is C17H18F2N2O2. The average Bonchev–Trinajstić information content (AvgIpc) is 2.45. The number of benzene rings is 2. The number of hydrogen-bond donors (Lipinski definition) is 2. The van der Waals surface area contributed by atoms with Crippen LogP contribution in [-0.4, -0.2) is 11.4 Å². The first-order valence-corrected chi connectivity index (χ1v) is 7.02. The van der Waals surface area contributed by atoms with Crippen LogP contribution in [0.1, 0.15) is 18.1 Å². The van der Waals surface area contributed by atoms with E-state index in [0.717, 1.165) is 29.3 Å². The summed E-state index contributed by atoms with van der Waals surface area (Å²) in [4.78, 5) is 11.2. The first-order chi connectivity index (χ1) is 10.8. The number of hydrogen-bond acceptors (Lipinski definition) is 3. The monoisotopic (exact) mass is 320 g/mol. The lowest BCUT2D eigenvalue weighted by atomic mass is 9.93. The molecule has 0 aromatic heterocycles. The second-order valence-corrected chi connectivity index (χ2v) is 5.67. The van der Waals surface area contributed by atoms with Gasteiger partial charge < -0.3 is 16.2 Å². The van der Waals surface area contributed by atoms with E-state index in [9.17, 15) is 13.6 Å². The van der Waals surface area contributed by atoms with Crippen LogP contribution in [0, 0.1) is 11.6 Å². The van der Waals surface area contributed by atoms with Crippen molar-refractivity contribution < 1.29 is 18.3 Å². The van der Waals surface area contributed by atoms with Crippen molar-refractivity contribution in [1.29, 1.82) is 0 Å². The van der Waals surface area contributed by atoms with Crippen molar-refractivity contribution in [1.82, 2.24) is 0 Å². The van der Waals surface area contributed by atoms with Gasteiger partial charge in [-0.05, 0) is 24.5 Å². The molecule has 6 heteroatoms. The van der Waals surface area contributed by atoms with Gasteiger partial charge in [-0.25, -0.2) is 8.78 Å². The Balaban J connectivity index is 1.99. The Morgan fingerprint density at radius 3 is 2.13 bits per heavy atom. The number of primary amides is 1. The highest BCUT2D eigenvalue weighted by Gasteiger charge is 2.25. The van der Waals surface area contributed by atoms with Crippen molar-refractivity contribution >= 4 is 5.91 Å². The Labute approximate surface area is 133 Å². The third kappa shape index (κ3) is 4.75. The fourth-order valence-electron chi connectivity index (χ4n) is 2.04. The fraction of sp³-hybridized carbons (Fsp3) is 0.235. The van der Waals surface area contributed by atoms with E-state index in [-0.39, 0.29) is 12.4 Å². The summed E-state index contributed by atoms with van der Waals surface area (Å²) in [5.74, 6) is -1.83. The summed E-state index contributed by atoms with van der Waals surface area (Å²) in [6.45, 7) is 1.74. The van der Waals surface area contributed by atoms with Gasteiger partial charge in [-0.2, -0.15) is 0 Å². The maximum Gasteiger partial charge on any atom is 0.237 e. The van der Waals surface area contributed by atoms with Crippen molar-refractivity contribution in [3.63, 3.8) is 0 Å². The van der Waals surface area contributed by atoms with Crippen LogP contribution in [-0.2, 0) is 17.8 Å². The van der Waals surface area contributed by atoms with Crippen molar-refractivity contribution in [3.05, 3.63) is 65.2 Å². The van der Waals surface area contributed by atoms with Crippen LogP contribution in [0.4, 0.5) is 8.78 Å². The molecule has 1 amide bonds. The molecule has 4 nitrogen and oxygen atoms in total. The van der Waals surface area contributed by atoms with E-state index in [1.165, 1.54) is 0 Å². The van der Waals surface area contributed by atoms with E-state index >= 15 is 0 Å². The van der Waals surface area contributed by atoms with E-state index in [1.54, 1.807) is 31.2 Å².